The Balaban J connectivity index is 1.97. The minimum atomic E-state index is -3.70. The third kappa shape index (κ3) is 2.55. The van der Waals surface area contributed by atoms with Crippen LogP contribution in [-0.4, -0.2) is 17.4 Å². The Morgan fingerprint density at radius 1 is 1.04 bits per heavy atom. The zero-order valence-corrected chi connectivity index (χ0v) is 14.4. The largest absolute Gasteiger partial charge is 0.441 e. The highest BCUT2D eigenvalue weighted by molar-refractivity contribution is 7.90. The average Bonchev–Trinajstić information content (AvgIpc) is 3.27. The monoisotopic (exact) mass is 352 g/mol. The number of aryl methyl sites for hydroxylation is 1. The minimum Gasteiger partial charge on any atom is -0.441 e. The van der Waals surface area contributed by atoms with Crippen molar-refractivity contribution in [3.63, 3.8) is 0 Å². The van der Waals surface area contributed by atoms with Crippen LogP contribution in [0.4, 0.5) is 0 Å². The van der Waals surface area contributed by atoms with Gasteiger partial charge in [0.1, 0.15) is 0 Å². The van der Waals surface area contributed by atoms with Gasteiger partial charge in [0.15, 0.2) is 11.7 Å². The summed E-state index contributed by atoms with van der Waals surface area (Å²) in [7, 11) is -3.70. The molecular weight excluding hydrogens is 336 g/mol. The summed E-state index contributed by atoms with van der Waals surface area (Å²) < 4.78 is 33.2. The van der Waals surface area contributed by atoms with Crippen molar-refractivity contribution in [2.75, 3.05) is 0 Å². The number of hydrogen-bond donors (Lipinski definition) is 0. The zero-order valence-electron chi connectivity index (χ0n) is 13.6. The maximum absolute atomic E-state index is 13.1. The van der Waals surface area contributed by atoms with Gasteiger partial charge in [-0.15, -0.1) is 0 Å². The van der Waals surface area contributed by atoms with Crippen molar-refractivity contribution in [1.82, 2.24) is 8.96 Å². The van der Waals surface area contributed by atoms with Gasteiger partial charge in [0.05, 0.1) is 16.6 Å². The fraction of sp³-hybridized carbons (Fsp3) is 0.105. The van der Waals surface area contributed by atoms with Gasteiger partial charge in [0.2, 0.25) is 0 Å². The predicted molar refractivity (Wildman–Crippen MR) is 95.8 cm³/mol. The summed E-state index contributed by atoms with van der Waals surface area (Å²) in [6.07, 6.45) is 3.92. The smallest absolute Gasteiger partial charge is 0.268 e. The summed E-state index contributed by atoms with van der Waals surface area (Å²) in [5.41, 5.74) is 1.32. The van der Waals surface area contributed by atoms with Crippen molar-refractivity contribution in [2.24, 2.45) is 0 Å². The van der Waals surface area contributed by atoms with E-state index in [0.717, 1.165) is 5.39 Å². The molecular formula is C19H16N2O3S. The van der Waals surface area contributed by atoms with Crippen LogP contribution in [0.2, 0.25) is 0 Å². The molecule has 0 saturated heterocycles. The highest BCUT2D eigenvalue weighted by Crippen LogP contribution is 2.33. The molecule has 5 nitrogen and oxygen atoms in total. The van der Waals surface area contributed by atoms with E-state index < -0.39 is 10.0 Å². The number of oxazole rings is 1. The van der Waals surface area contributed by atoms with Gasteiger partial charge in [-0.05, 0) is 18.2 Å². The predicted octanol–water partition coefficient (Wildman–Crippen LogP) is 4.10. The van der Waals surface area contributed by atoms with E-state index in [-0.39, 0.29) is 4.90 Å². The van der Waals surface area contributed by atoms with Crippen molar-refractivity contribution in [3.05, 3.63) is 72.9 Å². The van der Waals surface area contributed by atoms with Crippen molar-refractivity contribution < 1.29 is 12.8 Å². The lowest BCUT2D eigenvalue weighted by Gasteiger charge is -2.07. The molecule has 4 aromatic rings. The topological polar surface area (TPSA) is 65.1 Å². The van der Waals surface area contributed by atoms with E-state index >= 15 is 0 Å². The fourth-order valence-electron chi connectivity index (χ4n) is 2.85. The van der Waals surface area contributed by atoms with Crippen molar-refractivity contribution >= 4 is 20.9 Å². The molecule has 25 heavy (non-hydrogen) atoms. The molecule has 6 heteroatoms. The van der Waals surface area contributed by atoms with Crippen molar-refractivity contribution in [1.29, 1.82) is 0 Å². The molecule has 0 spiro atoms. The van der Waals surface area contributed by atoms with E-state index in [2.05, 4.69) is 4.98 Å². The molecule has 0 amide bonds. The Labute approximate surface area is 145 Å². The van der Waals surface area contributed by atoms with E-state index in [1.54, 1.807) is 48.8 Å². The molecule has 0 saturated carbocycles. The Hall–Kier alpha value is -2.86. The molecule has 2 aromatic heterocycles. The third-order valence-corrected chi connectivity index (χ3v) is 5.79. The Morgan fingerprint density at radius 2 is 1.76 bits per heavy atom. The lowest BCUT2D eigenvalue weighted by Crippen LogP contribution is -2.11. The van der Waals surface area contributed by atoms with Crippen LogP contribution in [0.5, 0.6) is 0 Å². The first-order valence-corrected chi connectivity index (χ1v) is 9.41. The maximum atomic E-state index is 13.1. The molecule has 0 bridgehead atoms. The molecule has 0 aliphatic carbocycles. The second kappa shape index (κ2) is 5.89. The lowest BCUT2D eigenvalue weighted by molar-refractivity contribution is 0.514. The van der Waals surface area contributed by atoms with Crippen LogP contribution in [0.15, 0.2) is 76.3 Å². The van der Waals surface area contributed by atoms with Gasteiger partial charge in [-0.2, -0.15) is 0 Å². The molecule has 2 aromatic carbocycles. The molecule has 4 rings (SSSR count). The fourth-order valence-corrected chi connectivity index (χ4v) is 4.24. The number of rotatable bonds is 4. The second-order valence-corrected chi connectivity index (χ2v) is 7.46. The van der Waals surface area contributed by atoms with Crippen LogP contribution >= 0.6 is 0 Å². The number of aromatic nitrogens is 2. The van der Waals surface area contributed by atoms with Gasteiger partial charge in [0, 0.05) is 23.6 Å². The summed E-state index contributed by atoms with van der Waals surface area (Å²) in [6.45, 7) is 1.96. The van der Waals surface area contributed by atoms with Gasteiger partial charge < -0.3 is 4.42 Å². The first-order chi connectivity index (χ1) is 12.1. The standard InChI is InChI=1S/C19H16N2O3S/c1-2-19-20-12-18(24-19)16-13-21(17-11-7-6-10-15(16)17)25(22,23)14-8-4-3-5-9-14/h3-13H,2H2,1H3. The second-order valence-electron chi connectivity index (χ2n) is 5.65. The number of benzene rings is 2. The highest BCUT2D eigenvalue weighted by atomic mass is 32.2. The first-order valence-electron chi connectivity index (χ1n) is 7.97. The molecule has 0 N–H and O–H groups in total. The first kappa shape index (κ1) is 15.7. The number of fused-ring (bicyclic) bond motifs is 1. The molecule has 0 atom stereocenters. The van der Waals surface area contributed by atoms with Gasteiger partial charge in [-0.3, -0.25) is 0 Å². The lowest BCUT2D eigenvalue weighted by atomic mass is 10.1. The molecule has 0 fully saturated rings. The Kier molecular flexibility index (Phi) is 3.69. The number of nitrogens with zero attached hydrogens (tertiary/aromatic N) is 2. The van der Waals surface area contributed by atoms with Gasteiger partial charge in [-0.1, -0.05) is 43.3 Å². The van der Waals surface area contributed by atoms with Gasteiger partial charge in [0.25, 0.3) is 10.0 Å². The van der Waals surface area contributed by atoms with Crippen molar-refractivity contribution in [3.8, 4) is 11.3 Å². The summed E-state index contributed by atoms with van der Waals surface area (Å²) in [6, 6.07) is 15.8. The van der Waals surface area contributed by atoms with Crippen LogP contribution < -0.4 is 0 Å². The van der Waals surface area contributed by atoms with E-state index in [9.17, 15) is 8.42 Å². The minimum absolute atomic E-state index is 0.245. The van der Waals surface area contributed by atoms with E-state index in [4.69, 9.17) is 4.42 Å². The Bertz CT molecular complexity index is 1140. The van der Waals surface area contributed by atoms with Crippen molar-refractivity contribution in [2.45, 2.75) is 18.2 Å². The van der Waals surface area contributed by atoms with E-state index in [0.29, 0.717) is 29.2 Å². The van der Waals surface area contributed by atoms with Crippen LogP contribution in [0.1, 0.15) is 12.8 Å². The molecule has 0 unspecified atom stereocenters. The Morgan fingerprint density at radius 3 is 2.48 bits per heavy atom. The van der Waals surface area contributed by atoms with E-state index in [1.165, 1.54) is 3.97 Å². The number of hydrogen-bond acceptors (Lipinski definition) is 4. The summed E-state index contributed by atoms with van der Waals surface area (Å²) in [4.78, 5) is 4.47. The normalized spacial score (nSPS) is 11.9. The molecule has 0 aliphatic rings. The molecule has 126 valence electrons. The highest BCUT2D eigenvalue weighted by Gasteiger charge is 2.22. The maximum Gasteiger partial charge on any atom is 0.268 e. The molecule has 2 heterocycles. The van der Waals surface area contributed by atoms with Crippen LogP contribution in [-0.2, 0) is 16.4 Å². The molecule has 0 radical (unpaired) electrons. The number of para-hydroxylation sites is 1. The third-order valence-electron chi connectivity index (χ3n) is 4.10. The van der Waals surface area contributed by atoms with Gasteiger partial charge >= 0.3 is 0 Å². The van der Waals surface area contributed by atoms with Gasteiger partial charge in [-0.25, -0.2) is 17.4 Å². The molecule has 0 aliphatic heterocycles. The average molecular weight is 352 g/mol. The van der Waals surface area contributed by atoms with Crippen LogP contribution in [0.25, 0.3) is 22.2 Å². The zero-order chi connectivity index (χ0) is 17.4. The van der Waals surface area contributed by atoms with Crippen LogP contribution in [0, 0.1) is 0 Å². The summed E-state index contributed by atoms with van der Waals surface area (Å²) >= 11 is 0. The van der Waals surface area contributed by atoms with E-state index in [1.807, 2.05) is 25.1 Å². The SMILES string of the molecule is CCc1ncc(-c2cn(S(=O)(=O)c3ccccc3)c3ccccc23)o1. The summed E-state index contributed by atoms with van der Waals surface area (Å²) in [5, 5.41) is 0.806. The quantitative estimate of drug-likeness (QED) is 0.555. The van der Waals surface area contributed by atoms with Crippen LogP contribution in [0.3, 0.4) is 0 Å². The summed E-state index contributed by atoms with van der Waals surface area (Å²) in [5.74, 6) is 1.19.